The summed E-state index contributed by atoms with van der Waals surface area (Å²) in [5.41, 5.74) is 1.56. The van der Waals surface area contributed by atoms with Gasteiger partial charge in [-0.15, -0.1) is 0 Å². The molecule has 152 valence electrons. The van der Waals surface area contributed by atoms with Gasteiger partial charge in [-0.3, -0.25) is 4.57 Å². The van der Waals surface area contributed by atoms with Crippen LogP contribution in [0.5, 0.6) is 0 Å². The maximum absolute atomic E-state index is 12.7. The van der Waals surface area contributed by atoms with Crippen LogP contribution in [-0.2, 0) is 16.6 Å². The Morgan fingerprint density at radius 1 is 1.00 bits per heavy atom. The maximum Gasteiger partial charge on any atom is 0.326 e. The third-order valence-electron chi connectivity index (χ3n) is 5.19. The Labute approximate surface area is 175 Å². The minimum Gasteiger partial charge on any atom is -0.333 e. The van der Waals surface area contributed by atoms with E-state index < -0.39 is 10.0 Å². The van der Waals surface area contributed by atoms with Gasteiger partial charge in [0.2, 0.25) is 10.0 Å². The summed E-state index contributed by atoms with van der Waals surface area (Å²) in [5, 5.41) is 4.35. The van der Waals surface area contributed by atoms with Crippen molar-refractivity contribution < 1.29 is 13.2 Å². The van der Waals surface area contributed by atoms with Crippen molar-refractivity contribution in [3.8, 4) is 0 Å². The van der Waals surface area contributed by atoms with Gasteiger partial charge >= 0.3 is 6.03 Å². The van der Waals surface area contributed by atoms with Crippen molar-refractivity contribution in [1.82, 2.24) is 14.2 Å². The number of amides is 1. The number of sulfonamides is 1. The molecule has 4 rings (SSSR count). The molecule has 29 heavy (non-hydrogen) atoms. The van der Waals surface area contributed by atoms with Crippen LogP contribution in [0.1, 0.15) is 24.8 Å². The monoisotopic (exact) mass is 431 g/mol. The molecule has 6 nitrogen and oxygen atoms in total. The summed E-state index contributed by atoms with van der Waals surface area (Å²) in [6, 6.07) is 13.7. The van der Waals surface area contributed by atoms with E-state index >= 15 is 0 Å². The van der Waals surface area contributed by atoms with Crippen LogP contribution in [0.2, 0.25) is 5.02 Å². The summed E-state index contributed by atoms with van der Waals surface area (Å²) >= 11 is 6.04. The molecule has 2 aromatic carbocycles. The SMILES string of the molecule is O=C(NCc1ccc(S(=O)(=O)N2CCCCC2)cc1)n1ccc2ccc(Cl)cc21. The molecule has 8 heteroatoms. The number of rotatable bonds is 4. The van der Waals surface area contributed by atoms with E-state index in [9.17, 15) is 13.2 Å². The highest BCUT2D eigenvalue weighted by Crippen LogP contribution is 2.22. The first-order chi connectivity index (χ1) is 13.9. The molecule has 1 saturated heterocycles. The number of aromatic nitrogens is 1. The van der Waals surface area contributed by atoms with Gasteiger partial charge in [0, 0.05) is 36.2 Å². The van der Waals surface area contributed by atoms with Gasteiger partial charge < -0.3 is 5.32 Å². The Bertz CT molecular complexity index is 1130. The molecule has 0 radical (unpaired) electrons. The van der Waals surface area contributed by atoms with Gasteiger partial charge in [-0.05, 0) is 48.7 Å². The highest BCUT2D eigenvalue weighted by molar-refractivity contribution is 7.89. The number of halogens is 1. The quantitative estimate of drug-likeness (QED) is 0.672. The zero-order valence-corrected chi connectivity index (χ0v) is 17.4. The largest absolute Gasteiger partial charge is 0.333 e. The zero-order chi connectivity index (χ0) is 20.4. The number of fused-ring (bicyclic) bond motifs is 1. The highest BCUT2D eigenvalue weighted by atomic mass is 35.5. The predicted molar refractivity (Wildman–Crippen MR) is 114 cm³/mol. The molecule has 2 heterocycles. The van der Waals surface area contributed by atoms with E-state index in [0.29, 0.717) is 29.6 Å². The van der Waals surface area contributed by atoms with Crippen molar-refractivity contribution >= 4 is 38.6 Å². The normalized spacial score (nSPS) is 15.5. The number of carbonyl (C=O) groups excluding carboxylic acids is 1. The summed E-state index contributed by atoms with van der Waals surface area (Å²) in [7, 11) is -3.44. The van der Waals surface area contributed by atoms with Gasteiger partial charge in [0.15, 0.2) is 0 Å². The Kier molecular flexibility index (Phi) is 5.63. The van der Waals surface area contributed by atoms with E-state index in [0.717, 1.165) is 35.7 Å². The van der Waals surface area contributed by atoms with E-state index in [1.807, 2.05) is 12.1 Å². The lowest BCUT2D eigenvalue weighted by molar-refractivity contribution is 0.243. The number of hydrogen-bond donors (Lipinski definition) is 1. The van der Waals surface area contributed by atoms with Gasteiger partial charge in [0.1, 0.15) is 0 Å². The van der Waals surface area contributed by atoms with Crippen LogP contribution in [0, 0.1) is 0 Å². The van der Waals surface area contributed by atoms with Crippen molar-refractivity contribution in [3.05, 3.63) is 65.3 Å². The van der Waals surface area contributed by atoms with Gasteiger partial charge in [0.05, 0.1) is 10.4 Å². The maximum atomic E-state index is 12.7. The molecule has 0 atom stereocenters. The van der Waals surface area contributed by atoms with Crippen LogP contribution in [0.15, 0.2) is 59.6 Å². The lowest BCUT2D eigenvalue weighted by Gasteiger charge is -2.25. The van der Waals surface area contributed by atoms with E-state index in [-0.39, 0.29) is 6.03 Å². The Morgan fingerprint density at radius 3 is 2.45 bits per heavy atom. The van der Waals surface area contributed by atoms with Crippen molar-refractivity contribution in [3.63, 3.8) is 0 Å². The van der Waals surface area contributed by atoms with Gasteiger partial charge in [-0.2, -0.15) is 4.31 Å². The van der Waals surface area contributed by atoms with Crippen molar-refractivity contribution in [2.45, 2.75) is 30.7 Å². The second-order valence-electron chi connectivity index (χ2n) is 7.16. The van der Waals surface area contributed by atoms with Gasteiger partial charge in [-0.1, -0.05) is 36.2 Å². The molecule has 1 aliphatic heterocycles. The second-order valence-corrected chi connectivity index (χ2v) is 9.53. The first-order valence-electron chi connectivity index (χ1n) is 9.59. The molecule has 0 spiro atoms. The van der Waals surface area contributed by atoms with Crippen LogP contribution in [0.4, 0.5) is 4.79 Å². The minimum absolute atomic E-state index is 0.271. The molecule has 0 unspecified atom stereocenters. The lowest BCUT2D eigenvalue weighted by atomic mass is 10.2. The molecule has 1 aromatic heterocycles. The second kappa shape index (κ2) is 8.18. The standard InChI is InChI=1S/C21H22ClN3O3S/c22-18-7-6-17-10-13-25(20(17)14-18)21(26)23-15-16-4-8-19(9-5-16)29(27,28)24-11-2-1-3-12-24/h4-10,13-14H,1-3,11-12,15H2,(H,23,26). The Balaban J connectivity index is 1.43. The average Bonchev–Trinajstić information content (AvgIpc) is 3.16. The fourth-order valence-corrected chi connectivity index (χ4v) is 5.26. The molecule has 0 bridgehead atoms. The summed E-state index contributed by atoms with van der Waals surface area (Å²) in [6.45, 7) is 1.45. The number of benzene rings is 2. The molecular formula is C21H22ClN3O3S. The molecule has 0 saturated carbocycles. The smallest absolute Gasteiger partial charge is 0.326 e. The Morgan fingerprint density at radius 2 is 1.72 bits per heavy atom. The van der Waals surface area contributed by atoms with Gasteiger partial charge in [-0.25, -0.2) is 13.2 Å². The van der Waals surface area contributed by atoms with Crippen LogP contribution in [0.3, 0.4) is 0 Å². The van der Waals surface area contributed by atoms with Crippen LogP contribution >= 0.6 is 11.6 Å². The van der Waals surface area contributed by atoms with E-state index in [4.69, 9.17) is 11.6 Å². The fraction of sp³-hybridized carbons (Fsp3) is 0.286. The lowest BCUT2D eigenvalue weighted by Crippen LogP contribution is -2.35. The van der Waals surface area contributed by atoms with E-state index in [1.165, 1.54) is 4.57 Å². The van der Waals surface area contributed by atoms with Crippen molar-refractivity contribution in [2.24, 2.45) is 0 Å². The van der Waals surface area contributed by atoms with Crippen molar-refractivity contribution in [1.29, 1.82) is 0 Å². The van der Waals surface area contributed by atoms with Crippen LogP contribution < -0.4 is 5.32 Å². The number of hydrogen-bond acceptors (Lipinski definition) is 3. The summed E-state index contributed by atoms with van der Waals surface area (Å²) in [4.78, 5) is 12.8. The number of piperidine rings is 1. The third-order valence-corrected chi connectivity index (χ3v) is 7.34. The summed E-state index contributed by atoms with van der Waals surface area (Å²) in [6.07, 6.45) is 4.59. The van der Waals surface area contributed by atoms with Gasteiger partial charge in [0.25, 0.3) is 0 Å². The molecule has 3 aromatic rings. The number of nitrogens with zero attached hydrogens (tertiary/aromatic N) is 2. The third kappa shape index (κ3) is 4.17. The first-order valence-corrected chi connectivity index (χ1v) is 11.4. The van der Waals surface area contributed by atoms with Crippen molar-refractivity contribution in [2.75, 3.05) is 13.1 Å². The number of nitrogens with one attached hydrogen (secondary N) is 1. The highest BCUT2D eigenvalue weighted by Gasteiger charge is 2.25. The Hall–Kier alpha value is -2.35. The summed E-state index contributed by atoms with van der Waals surface area (Å²) < 4.78 is 28.5. The van der Waals surface area contributed by atoms with Crippen LogP contribution in [-0.4, -0.2) is 36.4 Å². The average molecular weight is 432 g/mol. The van der Waals surface area contributed by atoms with Crippen LogP contribution in [0.25, 0.3) is 10.9 Å². The predicted octanol–water partition coefficient (Wildman–Crippen LogP) is 4.23. The van der Waals surface area contributed by atoms with E-state index in [1.54, 1.807) is 46.9 Å². The molecule has 0 aliphatic carbocycles. The molecular weight excluding hydrogens is 410 g/mol. The molecule has 1 N–H and O–H groups in total. The topological polar surface area (TPSA) is 71.4 Å². The number of carbonyl (C=O) groups is 1. The summed E-state index contributed by atoms with van der Waals surface area (Å²) in [5.74, 6) is 0. The minimum atomic E-state index is -3.44. The molecule has 1 aliphatic rings. The molecule has 1 fully saturated rings. The van der Waals surface area contributed by atoms with E-state index in [2.05, 4.69) is 5.32 Å². The molecule has 1 amide bonds. The first kappa shape index (κ1) is 19.9. The zero-order valence-electron chi connectivity index (χ0n) is 15.8. The fourth-order valence-electron chi connectivity index (χ4n) is 3.58.